The molecule has 2 aliphatic heterocycles. The Kier molecular flexibility index (Phi) is 3.19. The summed E-state index contributed by atoms with van der Waals surface area (Å²) in [6.07, 6.45) is -0.0194. The van der Waals surface area contributed by atoms with Crippen molar-refractivity contribution in [2.24, 2.45) is 11.8 Å². The molecule has 5 heteroatoms. The largest absolute Gasteiger partial charge is 0.469 e. The van der Waals surface area contributed by atoms with Crippen molar-refractivity contribution in [3.05, 3.63) is 0 Å². The van der Waals surface area contributed by atoms with Crippen LogP contribution in [0.5, 0.6) is 0 Å². The van der Waals surface area contributed by atoms with Gasteiger partial charge in [0.25, 0.3) is 0 Å². The van der Waals surface area contributed by atoms with Crippen molar-refractivity contribution < 1.29 is 19.0 Å². The zero-order valence-electron chi connectivity index (χ0n) is 9.99. The average Bonchev–Trinajstić information content (AvgIpc) is 2.82. The first-order chi connectivity index (χ1) is 7.53. The van der Waals surface area contributed by atoms with E-state index >= 15 is 0 Å². The van der Waals surface area contributed by atoms with Gasteiger partial charge in [0.2, 0.25) is 0 Å². The zero-order chi connectivity index (χ0) is 11.8. The minimum Gasteiger partial charge on any atom is -0.469 e. The summed E-state index contributed by atoms with van der Waals surface area (Å²) >= 11 is 0. The van der Waals surface area contributed by atoms with E-state index in [1.807, 2.05) is 13.8 Å². The maximum Gasteiger partial charge on any atom is 0.310 e. The third-order valence-electron chi connectivity index (χ3n) is 3.27. The van der Waals surface area contributed by atoms with Crippen LogP contribution in [0.3, 0.4) is 0 Å². The van der Waals surface area contributed by atoms with Gasteiger partial charge in [-0.15, -0.1) is 0 Å². The normalized spacial score (nSPS) is 37.6. The van der Waals surface area contributed by atoms with Gasteiger partial charge in [-0.3, -0.25) is 4.79 Å². The highest BCUT2D eigenvalue weighted by Crippen LogP contribution is 2.32. The number of methoxy groups -OCH3 is 1. The van der Waals surface area contributed by atoms with Gasteiger partial charge < -0.3 is 19.5 Å². The predicted octanol–water partition coefficient (Wildman–Crippen LogP) is 0.146. The van der Waals surface area contributed by atoms with E-state index in [2.05, 4.69) is 5.32 Å². The highest BCUT2D eigenvalue weighted by molar-refractivity contribution is 5.73. The maximum atomic E-state index is 11.6. The predicted molar refractivity (Wildman–Crippen MR) is 56.8 cm³/mol. The third-order valence-corrected chi connectivity index (χ3v) is 3.27. The van der Waals surface area contributed by atoms with Gasteiger partial charge in [0.1, 0.15) is 0 Å². The average molecular weight is 229 g/mol. The molecule has 2 heterocycles. The lowest BCUT2D eigenvalue weighted by molar-refractivity contribution is -0.156. The first-order valence-corrected chi connectivity index (χ1v) is 5.64. The lowest BCUT2D eigenvalue weighted by atomic mass is 9.91. The fourth-order valence-electron chi connectivity index (χ4n) is 2.43. The molecular formula is C11H19NO4. The Labute approximate surface area is 95.4 Å². The number of carbonyl (C=O) groups is 1. The van der Waals surface area contributed by atoms with Gasteiger partial charge in [-0.25, -0.2) is 0 Å². The smallest absolute Gasteiger partial charge is 0.310 e. The van der Waals surface area contributed by atoms with E-state index in [0.29, 0.717) is 13.2 Å². The summed E-state index contributed by atoms with van der Waals surface area (Å²) in [5, 5.41) is 3.21. The number of hydrogen-bond acceptors (Lipinski definition) is 5. The molecule has 0 aliphatic carbocycles. The molecule has 2 rings (SSSR count). The molecule has 0 amide bonds. The summed E-state index contributed by atoms with van der Waals surface area (Å²) in [6, 6.07) is 0. The van der Waals surface area contributed by atoms with Crippen molar-refractivity contribution in [2.45, 2.75) is 25.7 Å². The Bertz CT molecular complexity index is 279. The molecule has 2 fully saturated rings. The molecular weight excluding hydrogens is 210 g/mol. The van der Waals surface area contributed by atoms with Crippen LogP contribution in [-0.2, 0) is 19.0 Å². The van der Waals surface area contributed by atoms with Gasteiger partial charge in [-0.1, -0.05) is 0 Å². The van der Waals surface area contributed by atoms with Crippen molar-refractivity contribution in [3.8, 4) is 0 Å². The summed E-state index contributed by atoms with van der Waals surface area (Å²) in [6.45, 7) is 5.78. The van der Waals surface area contributed by atoms with E-state index in [0.717, 1.165) is 6.54 Å². The molecule has 0 aromatic heterocycles. The van der Waals surface area contributed by atoms with E-state index in [9.17, 15) is 4.79 Å². The van der Waals surface area contributed by atoms with Crippen LogP contribution in [0.4, 0.5) is 0 Å². The molecule has 5 nitrogen and oxygen atoms in total. The highest BCUT2D eigenvalue weighted by atomic mass is 16.7. The first-order valence-electron chi connectivity index (χ1n) is 5.64. The van der Waals surface area contributed by atoms with Crippen LogP contribution in [0.2, 0.25) is 0 Å². The number of hydrogen-bond donors (Lipinski definition) is 1. The Hall–Kier alpha value is -0.650. The molecule has 0 spiro atoms. The standard InChI is InChI=1S/C11H19NO4/c1-11(2)15-6-9(16-11)7-4-12-5-8(7)10(13)14-3/h7-9,12H,4-6H2,1-3H3. The van der Waals surface area contributed by atoms with Gasteiger partial charge in [0, 0.05) is 19.0 Å². The van der Waals surface area contributed by atoms with E-state index in [4.69, 9.17) is 14.2 Å². The number of carbonyl (C=O) groups excluding carboxylic acids is 1. The minimum absolute atomic E-state index is 0.0194. The van der Waals surface area contributed by atoms with Crippen LogP contribution in [0, 0.1) is 11.8 Å². The molecule has 1 N–H and O–H groups in total. The summed E-state index contributed by atoms with van der Waals surface area (Å²) in [7, 11) is 1.42. The molecule has 0 aromatic rings. The minimum atomic E-state index is -0.534. The maximum absolute atomic E-state index is 11.6. The summed E-state index contributed by atoms with van der Waals surface area (Å²) in [5.74, 6) is -0.668. The zero-order valence-corrected chi connectivity index (χ0v) is 9.99. The van der Waals surface area contributed by atoms with E-state index in [1.165, 1.54) is 7.11 Å². The molecule has 0 aromatic carbocycles. The number of ether oxygens (including phenoxy) is 3. The molecule has 0 bridgehead atoms. The molecule has 2 saturated heterocycles. The Balaban J connectivity index is 2.01. The lowest BCUT2D eigenvalue weighted by Crippen LogP contribution is -2.35. The van der Waals surface area contributed by atoms with Crippen molar-refractivity contribution in [3.63, 3.8) is 0 Å². The topological polar surface area (TPSA) is 56.8 Å². The lowest BCUT2D eigenvalue weighted by Gasteiger charge is -2.23. The quantitative estimate of drug-likeness (QED) is 0.683. The highest BCUT2D eigenvalue weighted by Gasteiger charge is 2.45. The fraction of sp³-hybridized carbons (Fsp3) is 0.909. The molecule has 3 unspecified atom stereocenters. The van der Waals surface area contributed by atoms with Crippen LogP contribution in [0.15, 0.2) is 0 Å². The molecule has 0 radical (unpaired) electrons. The second-order valence-electron chi connectivity index (χ2n) is 4.82. The summed E-state index contributed by atoms with van der Waals surface area (Å²) in [5.41, 5.74) is 0. The summed E-state index contributed by atoms with van der Waals surface area (Å²) in [4.78, 5) is 11.6. The van der Waals surface area contributed by atoms with E-state index in [1.54, 1.807) is 0 Å². The van der Waals surface area contributed by atoms with Gasteiger partial charge in [0.15, 0.2) is 5.79 Å². The van der Waals surface area contributed by atoms with Gasteiger partial charge >= 0.3 is 5.97 Å². The number of nitrogens with one attached hydrogen (secondary N) is 1. The van der Waals surface area contributed by atoms with Crippen LogP contribution < -0.4 is 5.32 Å². The fourth-order valence-corrected chi connectivity index (χ4v) is 2.43. The Morgan fingerprint density at radius 3 is 2.75 bits per heavy atom. The number of esters is 1. The van der Waals surface area contributed by atoms with Crippen LogP contribution in [0.1, 0.15) is 13.8 Å². The summed E-state index contributed by atoms with van der Waals surface area (Å²) < 4.78 is 16.1. The van der Waals surface area contributed by atoms with Crippen LogP contribution in [-0.4, -0.2) is 44.7 Å². The third kappa shape index (κ3) is 2.21. The molecule has 0 saturated carbocycles. The number of rotatable bonds is 2. The second kappa shape index (κ2) is 4.31. The van der Waals surface area contributed by atoms with Gasteiger partial charge in [-0.05, 0) is 13.8 Å². The molecule has 92 valence electrons. The van der Waals surface area contributed by atoms with Crippen molar-refractivity contribution in [1.82, 2.24) is 5.32 Å². The second-order valence-corrected chi connectivity index (χ2v) is 4.82. The van der Waals surface area contributed by atoms with E-state index < -0.39 is 5.79 Å². The Morgan fingerprint density at radius 2 is 2.19 bits per heavy atom. The monoisotopic (exact) mass is 229 g/mol. The Morgan fingerprint density at radius 1 is 1.44 bits per heavy atom. The first kappa shape index (κ1) is 11.8. The van der Waals surface area contributed by atoms with Crippen LogP contribution >= 0.6 is 0 Å². The molecule has 2 aliphatic rings. The molecule has 3 atom stereocenters. The van der Waals surface area contributed by atoms with Crippen LogP contribution in [0.25, 0.3) is 0 Å². The SMILES string of the molecule is COC(=O)C1CNCC1C1COC(C)(C)O1. The van der Waals surface area contributed by atoms with Gasteiger partial charge in [-0.2, -0.15) is 0 Å². The van der Waals surface area contributed by atoms with Crippen molar-refractivity contribution >= 4 is 5.97 Å². The van der Waals surface area contributed by atoms with E-state index in [-0.39, 0.29) is 23.9 Å². The van der Waals surface area contributed by atoms with Crippen molar-refractivity contribution in [1.29, 1.82) is 0 Å². The molecule has 16 heavy (non-hydrogen) atoms. The van der Waals surface area contributed by atoms with Crippen molar-refractivity contribution in [2.75, 3.05) is 26.8 Å². The van der Waals surface area contributed by atoms with Gasteiger partial charge in [0.05, 0.1) is 25.7 Å².